The number of alkyl carbamates (subject to hydrolysis) is 1. The molecule has 1 atom stereocenters. The molecule has 0 heterocycles. The molecule has 0 saturated heterocycles. The predicted molar refractivity (Wildman–Crippen MR) is 163 cm³/mol. The number of carboxylic acids is 1. The van der Waals surface area contributed by atoms with Crippen molar-refractivity contribution in [1.82, 2.24) is 5.32 Å². The molecule has 0 radical (unpaired) electrons. The molecule has 0 spiro atoms. The highest BCUT2D eigenvalue weighted by molar-refractivity contribution is 7.54. The van der Waals surface area contributed by atoms with E-state index in [1.165, 1.54) is 53.7 Å². The molecule has 1 aliphatic rings. The summed E-state index contributed by atoms with van der Waals surface area (Å²) in [6.07, 6.45) is -1.12. The molecule has 8 nitrogen and oxygen atoms in total. The molecule has 44 heavy (non-hydrogen) atoms. The zero-order valence-corrected chi connectivity index (χ0v) is 26.5. The van der Waals surface area contributed by atoms with Crippen LogP contribution in [0, 0.1) is 0 Å². The molecule has 3 aromatic carbocycles. The van der Waals surface area contributed by atoms with Crippen molar-refractivity contribution < 1.29 is 41.8 Å². The van der Waals surface area contributed by atoms with Gasteiger partial charge in [0.2, 0.25) is 0 Å². The zero-order valence-electron chi connectivity index (χ0n) is 25.6. The third kappa shape index (κ3) is 7.54. The van der Waals surface area contributed by atoms with Crippen molar-refractivity contribution in [3.8, 4) is 11.1 Å². The Balaban J connectivity index is 1.44. The van der Waals surface area contributed by atoms with Crippen molar-refractivity contribution in [3.05, 3.63) is 95.1 Å². The van der Waals surface area contributed by atoms with E-state index in [-0.39, 0.29) is 18.9 Å². The highest BCUT2D eigenvalue weighted by atomic mass is 31.2. The van der Waals surface area contributed by atoms with Crippen molar-refractivity contribution in [2.75, 3.05) is 6.61 Å². The number of aliphatic carboxylic acids is 1. The normalized spacial score (nSPS) is 14.5. The lowest BCUT2D eigenvalue weighted by atomic mass is 9.98. The molecule has 4 rings (SSSR count). The summed E-state index contributed by atoms with van der Waals surface area (Å²) in [5.74, 6) is -1.53. The van der Waals surface area contributed by atoms with Crippen LogP contribution in [0.15, 0.2) is 72.8 Å². The molecule has 3 aromatic rings. The first-order valence-electron chi connectivity index (χ1n) is 14.2. The van der Waals surface area contributed by atoms with Gasteiger partial charge >= 0.3 is 25.3 Å². The van der Waals surface area contributed by atoms with Gasteiger partial charge in [-0.2, -0.15) is 8.78 Å². The lowest BCUT2D eigenvalue weighted by molar-refractivity contribution is -0.139. The van der Waals surface area contributed by atoms with Crippen LogP contribution in [-0.4, -0.2) is 41.0 Å². The second-order valence-corrected chi connectivity index (χ2v) is 14.6. The summed E-state index contributed by atoms with van der Waals surface area (Å²) in [7, 11) is -5.02. The summed E-state index contributed by atoms with van der Waals surface area (Å²) in [6.45, 7) is 9.01. The van der Waals surface area contributed by atoms with Crippen LogP contribution in [-0.2, 0) is 35.2 Å². The van der Waals surface area contributed by atoms with E-state index >= 15 is 8.78 Å². The number of halogens is 2. The third-order valence-corrected chi connectivity index (χ3v) is 9.33. The number of fused-ring (bicyclic) bond motifs is 3. The van der Waals surface area contributed by atoms with E-state index in [4.69, 9.17) is 13.8 Å². The van der Waals surface area contributed by atoms with Crippen LogP contribution in [0.25, 0.3) is 11.1 Å². The summed E-state index contributed by atoms with van der Waals surface area (Å²) >= 11 is 0. The summed E-state index contributed by atoms with van der Waals surface area (Å²) in [4.78, 5) is 24.7. The van der Waals surface area contributed by atoms with Crippen molar-refractivity contribution in [1.29, 1.82) is 0 Å². The fourth-order valence-corrected chi connectivity index (χ4v) is 7.25. The second-order valence-electron chi connectivity index (χ2n) is 12.7. The number of ether oxygens (including phenoxy) is 1. The maximum atomic E-state index is 15.7. The van der Waals surface area contributed by atoms with Crippen LogP contribution in [0.3, 0.4) is 0 Å². The zero-order chi connectivity index (χ0) is 32.5. The van der Waals surface area contributed by atoms with E-state index in [1.807, 2.05) is 48.5 Å². The van der Waals surface area contributed by atoms with Crippen LogP contribution in [0.5, 0.6) is 0 Å². The quantitative estimate of drug-likeness (QED) is 0.218. The number of amides is 1. The van der Waals surface area contributed by atoms with Crippen molar-refractivity contribution in [2.24, 2.45) is 0 Å². The Morgan fingerprint density at radius 3 is 1.77 bits per heavy atom. The molecule has 0 fully saturated rings. The van der Waals surface area contributed by atoms with E-state index in [9.17, 15) is 19.3 Å². The monoisotopic (exact) mass is 629 g/mol. The van der Waals surface area contributed by atoms with Crippen LogP contribution in [0.4, 0.5) is 13.6 Å². The summed E-state index contributed by atoms with van der Waals surface area (Å²) in [5.41, 5.74) is -2.52. The number of hydrogen-bond donors (Lipinski definition) is 2. The van der Waals surface area contributed by atoms with Crippen molar-refractivity contribution in [3.63, 3.8) is 0 Å². The van der Waals surface area contributed by atoms with E-state index < -0.39 is 48.1 Å². The predicted octanol–water partition coefficient (Wildman–Crippen LogP) is 8.09. The lowest BCUT2D eigenvalue weighted by Crippen LogP contribution is -2.42. The minimum atomic E-state index is -5.02. The molecule has 2 N–H and O–H groups in total. The Morgan fingerprint density at radius 1 is 0.841 bits per heavy atom. The smallest absolute Gasteiger partial charge is 0.407 e. The molecule has 236 valence electrons. The third-order valence-electron chi connectivity index (χ3n) is 6.81. The van der Waals surface area contributed by atoms with Crippen molar-refractivity contribution >= 4 is 19.7 Å². The van der Waals surface area contributed by atoms with E-state index in [0.717, 1.165) is 34.4 Å². The first kappa shape index (κ1) is 33.3. The number of hydrogen-bond acceptors (Lipinski definition) is 6. The Kier molecular flexibility index (Phi) is 9.40. The number of carbonyl (C=O) groups excluding carboxylic acids is 1. The van der Waals surface area contributed by atoms with E-state index in [2.05, 4.69) is 5.32 Å². The van der Waals surface area contributed by atoms with Gasteiger partial charge in [-0.25, -0.2) is 9.59 Å². The van der Waals surface area contributed by atoms with Crippen molar-refractivity contribution in [2.45, 2.75) is 76.8 Å². The molecule has 0 aromatic heterocycles. The molecule has 11 heteroatoms. The van der Waals surface area contributed by atoms with Gasteiger partial charge in [-0.1, -0.05) is 72.8 Å². The Bertz CT molecular complexity index is 1500. The van der Waals surface area contributed by atoms with Gasteiger partial charge in [0.1, 0.15) is 12.6 Å². The number of carboxylic acid groups (broad SMARTS) is 1. The number of nitrogens with one attached hydrogen (secondary N) is 1. The summed E-state index contributed by atoms with van der Waals surface area (Å²) in [6, 6.07) is 18.9. The fourth-order valence-electron chi connectivity index (χ4n) is 5.07. The molecule has 0 saturated carbocycles. The van der Waals surface area contributed by atoms with Gasteiger partial charge in [0.15, 0.2) is 0 Å². The molecule has 1 amide bonds. The Labute approximate surface area is 256 Å². The average molecular weight is 630 g/mol. The first-order chi connectivity index (χ1) is 20.4. The minimum Gasteiger partial charge on any atom is -0.480 e. The number of alkyl halides is 2. The Morgan fingerprint density at radius 2 is 1.32 bits per heavy atom. The first-order valence-corrected chi connectivity index (χ1v) is 15.8. The highest BCUT2D eigenvalue weighted by Crippen LogP contribution is 2.69. The largest absolute Gasteiger partial charge is 0.480 e. The van der Waals surface area contributed by atoms with Gasteiger partial charge in [-0.15, -0.1) is 0 Å². The number of benzene rings is 3. The minimum absolute atomic E-state index is 0.00328. The lowest BCUT2D eigenvalue weighted by Gasteiger charge is -2.36. The summed E-state index contributed by atoms with van der Waals surface area (Å²) in [5, 5.41) is 12.1. The SMILES string of the molecule is CC(C)(C)OP(=O)(OC(C)(C)C)C(F)(F)c1ccc(C[C@H](NC(=O)OCC2c3ccccc3-c3ccccc32)C(=O)O)cc1. The van der Waals surface area contributed by atoms with Gasteiger partial charge < -0.3 is 15.2 Å². The highest BCUT2D eigenvalue weighted by Gasteiger charge is 2.58. The average Bonchev–Trinajstić information content (AvgIpc) is 3.23. The van der Waals surface area contributed by atoms with Gasteiger partial charge in [0.25, 0.3) is 0 Å². The number of rotatable bonds is 10. The van der Waals surface area contributed by atoms with E-state index in [0.29, 0.717) is 5.56 Å². The number of carbonyl (C=O) groups is 2. The molecule has 0 aliphatic heterocycles. The van der Waals surface area contributed by atoms with Gasteiger partial charge in [-0.05, 0) is 69.4 Å². The molecular formula is C33H38F2NO7P. The standard InChI is InChI=1S/C33H38F2NO7P/c1-31(2,3)42-44(40,43-32(4,5)6)33(34,35)22-17-15-21(16-18-22)19-28(29(37)38)36-30(39)41-20-27-25-13-9-7-11-23(25)24-12-8-10-14-26(24)27/h7-18,27-28H,19-20H2,1-6H3,(H,36,39)(H,37,38)/t28-/m0/s1. The van der Waals surface area contributed by atoms with Crippen LogP contribution >= 0.6 is 7.60 Å². The molecule has 0 unspecified atom stereocenters. The molecule has 0 bridgehead atoms. The van der Waals surface area contributed by atoms with E-state index in [1.54, 1.807) is 0 Å². The Hall–Kier alpha value is -3.59. The van der Waals surface area contributed by atoms with Gasteiger partial charge in [-0.3, -0.25) is 13.6 Å². The van der Waals surface area contributed by atoms with Gasteiger partial charge in [0, 0.05) is 17.9 Å². The topological polar surface area (TPSA) is 111 Å². The van der Waals surface area contributed by atoms with Crippen LogP contribution in [0.2, 0.25) is 0 Å². The molecule has 1 aliphatic carbocycles. The molecular weight excluding hydrogens is 591 g/mol. The maximum Gasteiger partial charge on any atom is 0.407 e. The maximum absolute atomic E-state index is 15.7. The van der Waals surface area contributed by atoms with Crippen LogP contribution < -0.4 is 5.32 Å². The van der Waals surface area contributed by atoms with Gasteiger partial charge in [0.05, 0.1) is 11.2 Å². The summed E-state index contributed by atoms with van der Waals surface area (Å²) < 4.78 is 61.0. The second kappa shape index (κ2) is 12.4. The van der Waals surface area contributed by atoms with Crippen LogP contribution in [0.1, 0.15) is 69.7 Å². The fraction of sp³-hybridized carbons (Fsp3) is 0.394.